The molecule has 0 fully saturated rings. The summed E-state index contributed by atoms with van der Waals surface area (Å²) in [7, 11) is 6.91. The van der Waals surface area contributed by atoms with Crippen molar-refractivity contribution in [1.82, 2.24) is 0 Å². The molecule has 0 aromatic carbocycles. The minimum absolute atomic E-state index is 0.769. The fourth-order valence-electron chi connectivity index (χ4n) is 0.399. The minimum atomic E-state index is 0.769. The summed E-state index contributed by atoms with van der Waals surface area (Å²) >= 11 is 0. The second-order valence-corrected chi connectivity index (χ2v) is 1.98. The maximum Gasteiger partial charge on any atom is 0.0548 e. The lowest BCUT2D eigenvalue weighted by Crippen LogP contribution is -1.97. The summed E-state index contributed by atoms with van der Waals surface area (Å²) in [5, 5.41) is 0. The first-order valence-electron chi connectivity index (χ1n) is 2.84. The summed E-state index contributed by atoms with van der Waals surface area (Å²) in [6.07, 6.45) is 2.28. The van der Waals surface area contributed by atoms with Crippen LogP contribution in [0.15, 0.2) is 0 Å². The Morgan fingerprint density at radius 3 is 2.43 bits per heavy atom. The Kier molecular flexibility index (Phi) is 4.37. The van der Waals surface area contributed by atoms with E-state index < -0.39 is 0 Å². The summed E-state index contributed by atoms with van der Waals surface area (Å²) in [6.45, 7) is 4.37. The van der Waals surface area contributed by atoms with Crippen molar-refractivity contribution in [1.29, 1.82) is 0 Å². The summed E-state index contributed by atoms with van der Waals surface area (Å²) in [5.41, 5.74) is 0. The SMILES string of the molecule is [B][B]C[C@H](C)CC. The predicted molar refractivity (Wildman–Crippen MR) is 35.8 cm³/mol. The van der Waals surface area contributed by atoms with E-state index in [1.54, 1.807) is 7.17 Å². The molecule has 2 heteroatoms. The van der Waals surface area contributed by atoms with E-state index in [1.807, 2.05) is 0 Å². The molecule has 0 nitrogen and oxygen atoms in total. The molecule has 0 aromatic heterocycles. The molecule has 0 aliphatic rings. The lowest BCUT2D eigenvalue weighted by Gasteiger charge is -2.02. The number of hydrogen-bond donors (Lipinski definition) is 0. The second-order valence-electron chi connectivity index (χ2n) is 1.98. The van der Waals surface area contributed by atoms with Gasteiger partial charge in [-0.2, -0.15) is 0 Å². The van der Waals surface area contributed by atoms with Crippen LogP contribution in [0.5, 0.6) is 0 Å². The van der Waals surface area contributed by atoms with E-state index in [2.05, 4.69) is 13.8 Å². The molecule has 0 heterocycles. The molecule has 0 spiro atoms. The van der Waals surface area contributed by atoms with Gasteiger partial charge in [0.1, 0.15) is 0 Å². The topological polar surface area (TPSA) is 0 Å². The summed E-state index contributed by atoms with van der Waals surface area (Å²) in [4.78, 5) is 0. The molecule has 0 aliphatic carbocycles. The Morgan fingerprint density at radius 2 is 2.29 bits per heavy atom. The van der Waals surface area contributed by atoms with E-state index in [0.29, 0.717) is 0 Å². The standard InChI is InChI=1S/C5H11B2/c1-3-5(2)4-7-6/h5H,3-4H2,1-2H3/t5-/m1/s1. The molecule has 0 saturated carbocycles. The van der Waals surface area contributed by atoms with Crippen LogP contribution in [0.2, 0.25) is 6.32 Å². The third-order valence-corrected chi connectivity index (χ3v) is 1.24. The molecule has 0 unspecified atom stereocenters. The average molecular weight is 92.8 g/mol. The average Bonchev–Trinajstić information content (AvgIpc) is 1.68. The van der Waals surface area contributed by atoms with Gasteiger partial charge in [0.15, 0.2) is 0 Å². The van der Waals surface area contributed by atoms with Gasteiger partial charge in [-0.3, -0.25) is 0 Å². The van der Waals surface area contributed by atoms with Crippen molar-refractivity contribution in [3.8, 4) is 0 Å². The van der Waals surface area contributed by atoms with Crippen LogP contribution in [-0.2, 0) is 0 Å². The lowest BCUT2D eigenvalue weighted by atomic mass is 9.51. The molecule has 0 aromatic rings. The van der Waals surface area contributed by atoms with E-state index in [0.717, 1.165) is 12.2 Å². The largest absolute Gasteiger partial charge is 0.0870 e. The first-order valence-corrected chi connectivity index (χ1v) is 2.84. The Labute approximate surface area is 48.3 Å². The van der Waals surface area contributed by atoms with Gasteiger partial charge in [-0.15, -0.1) is 0 Å². The van der Waals surface area contributed by atoms with Gasteiger partial charge in [0.05, 0.1) is 7.17 Å². The van der Waals surface area contributed by atoms with Crippen LogP contribution in [0.4, 0.5) is 0 Å². The summed E-state index contributed by atoms with van der Waals surface area (Å²) in [6, 6.07) is 0. The van der Waals surface area contributed by atoms with E-state index in [4.69, 9.17) is 7.74 Å². The van der Waals surface area contributed by atoms with Gasteiger partial charge in [0.25, 0.3) is 0 Å². The molecule has 7 heavy (non-hydrogen) atoms. The quantitative estimate of drug-likeness (QED) is 0.460. The van der Waals surface area contributed by atoms with Crippen LogP contribution < -0.4 is 0 Å². The van der Waals surface area contributed by atoms with Crippen LogP contribution in [0.25, 0.3) is 0 Å². The summed E-state index contributed by atoms with van der Waals surface area (Å²) in [5.74, 6) is 0.769. The highest BCUT2D eigenvalue weighted by atomic mass is 13.9. The van der Waals surface area contributed by atoms with Crippen molar-refractivity contribution in [3.05, 3.63) is 0 Å². The maximum absolute atomic E-state index is 5.18. The van der Waals surface area contributed by atoms with E-state index in [9.17, 15) is 0 Å². The van der Waals surface area contributed by atoms with Crippen LogP contribution in [0.1, 0.15) is 20.3 Å². The number of rotatable bonds is 3. The Balaban J connectivity index is 2.83. The lowest BCUT2D eigenvalue weighted by molar-refractivity contribution is 0.624. The molecule has 0 saturated heterocycles. The molecular formula is C5H11B2. The Morgan fingerprint density at radius 1 is 1.71 bits per heavy atom. The normalized spacial score (nSPS) is 13.4. The monoisotopic (exact) mass is 93.1 g/mol. The van der Waals surface area contributed by atoms with E-state index in [1.165, 1.54) is 6.42 Å². The molecule has 0 rings (SSSR count). The van der Waals surface area contributed by atoms with Gasteiger partial charge in [-0.25, -0.2) is 0 Å². The zero-order valence-corrected chi connectivity index (χ0v) is 5.15. The molecule has 0 N–H and O–H groups in total. The highest BCUT2D eigenvalue weighted by Crippen LogP contribution is 2.03. The minimum Gasteiger partial charge on any atom is -0.0870 e. The van der Waals surface area contributed by atoms with Gasteiger partial charge in [-0.05, 0) is 0 Å². The van der Waals surface area contributed by atoms with Crippen molar-refractivity contribution in [2.75, 3.05) is 0 Å². The first-order chi connectivity index (χ1) is 3.31. The van der Waals surface area contributed by atoms with Gasteiger partial charge < -0.3 is 0 Å². The third kappa shape index (κ3) is 3.97. The van der Waals surface area contributed by atoms with Gasteiger partial charge >= 0.3 is 0 Å². The third-order valence-electron chi connectivity index (χ3n) is 1.24. The molecule has 1 atom stereocenters. The molecule has 0 bridgehead atoms. The fourth-order valence-corrected chi connectivity index (χ4v) is 0.399. The van der Waals surface area contributed by atoms with E-state index >= 15 is 0 Å². The summed E-state index contributed by atoms with van der Waals surface area (Å²) < 4.78 is 0. The predicted octanol–water partition coefficient (Wildman–Crippen LogP) is 1.24. The van der Waals surface area contributed by atoms with E-state index in [-0.39, 0.29) is 0 Å². The van der Waals surface area contributed by atoms with Crippen LogP contribution in [0.3, 0.4) is 0 Å². The van der Waals surface area contributed by atoms with Gasteiger partial charge in [-0.1, -0.05) is 32.5 Å². The van der Waals surface area contributed by atoms with Crippen molar-refractivity contribution < 1.29 is 0 Å². The Bertz CT molecular complexity index is 37.1. The van der Waals surface area contributed by atoms with Crippen molar-refractivity contribution >= 4 is 14.9 Å². The Hall–Kier alpha value is 0.130. The molecular weight excluding hydrogens is 81.7 g/mol. The van der Waals surface area contributed by atoms with Crippen LogP contribution >= 0.6 is 0 Å². The molecule has 0 aliphatic heterocycles. The van der Waals surface area contributed by atoms with Crippen molar-refractivity contribution in [2.45, 2.75) is 26.6 Å². The van der Waals surface area contributed by atoms with Crippen LogP contribution in [0, 0.1) is 5.92 Å². The highest BCUT2D eigenvalue weighted by Gasteiger charge is 1.92. The van der Waals surface area contributed by atoms with Crippen LogP contribution in [-0.4, -0.2) is 14.9 Å². The first kappa shape index (κ1) is 7.13. The second kappa shape index (κ2) is 4.29. The highest BCUT2D eigenvalue weighted by molar-refractivity contribution is 6.89. The molecule has 3 radical (unpaired) electrons. The maximum atomic E-state index is 5.18. The number of hydrogen-bond acceptors (Lipinski definition) is 0. The zero-order chi connectivity index (χ0) is 5.70. The molecule has 37 valence electrons. The smallest absolute Gasteiger partial charge is 0.0548 e. The van der Waals surface area contributed by atoms with Crippen molar-refractivity contribution in [3.63, 3.8) is 0 Å². The molecule has 0 amide bonds. The van der Waals surface area contributed by atoms with Crippen molar-refractivity contribution in [2.24, 2.45) is 5.92 Å². The van der Waals surface area contributed by atoms with Gasteiger partial charge in [0.2, 0.25) is 0 Å². The fraction of sp³-hybridized carbons (Fsp3) is 1.00. The van der Waals surface area contributed by atoms with Gasteiger partial charge in [0, 0.05) is 7.74 Å². The zero-order valence-electron chi connectivity index (χ0n) is 5.15.